The Balaban J connectivity index is 0.00000529. The molecule has 0 heterocycles. The van der Waals surface area contributed by atoms with Gasteiger partial charge in [0.15, 0.2) is 0 Å². The Morgan fingerprint density at radius 3 is 2.58 bits per heavy atom. The van der Waals surface area contributed by atoms with Crippen LogP contribution in [-0.2, 0) is 26.1 Å². The number of ether oxygens (including phenoxy) is 1. The number of nitrogens with one attached hydrogen (secondary N) is 2. The summed E-state index contributed by atoms with van der Waals surface area (Å²) >= 11 is 0. The average molecular weight is 380 g/mol. The molecule has 9 heteroatoms. The monoisotopic (exact) mass is 379 g/mol. The minimum atomic E-state index is -3.59. The average Bonchev–Trinajstić information content (AvgIpc) is 2.52. The third-order valence-corrected chi connectivity index (χ3v) is 4.93. The van der Waals surface area contributed by atoms with Gasteiger partial charge in [-0.05, 0) is 24.6 Å². The molecule has 7 nitrogen and oxygen atoms in total. The van der Waals surface area contributed by atoms with Crippen LogP contribution in [0.1, 0.15) is 19.4 Å². The molecule has 0 radical (unpaired) electrons. The van der Waals surface area contributed by atoms with Gasteiger partial charge < -0.3 is 15.8 Å². The van der Waals surface area contributed by atoms with Gasteiger partial charge in [-0.1, -0.05) is 19.1 Å². The van der Waals surface area contributed by atoms with E-state index >= 15 is 0 Å². The van der Waals surface area contributed by atoms with Crippen molar-refractivity contribution in [1.29, 1.82) is 0 Å². The van der Waals surface area contributed by atoms with Crippen LogP contribution in [0.4, 0.5) is 0 Å². The standard InChI is InChI=1S/C15H25N3O4S.ClH/c1-11(12(2)16)15(19)17-10-13-5-4-6-14(9-13)23(20,21)18-7-8-22-3;/h4-6,9,11-12,18H,7-8,10,16H2,1-3H3,(H,17,19);1H. The maximum absolute atomic E-state index is 12.1. The summed E-state index contributed by atoms with van der Waals surface area (Å²) < 4.78 is 31.5. The third kappa shape index (κ3) is 7.14. The molecule has 0 aliphatic rings. The second kappa shape index (κ2) is 10.6. The van der Waals surface area contributed by atoms with Crippen LogP contribution in [0.2, 0.25) is 0 Å². The number of sulfonamides is 1. The molecule has 1 aromatic rings. The largest absolute Gasteiger partial charge is 0.383 e. The SMILES string of the molecule is COCCNS(=O)(=O)c1cccc(CNC(=O)C(C)C(C)N)c1.Cl. The first-order chi connectivity index (χ1) is 10.8. The van der Waals surface area contributed by atoms with E-state index in [1.807, 2.05) is 0 Å². The normalized spacial score (nSPS) is 13.7. The fourth-order valence-corrected chi connectivity index (χ4v) is 2.86. The molecule has 138 valence electrons. The molecular weight excluding hydrogens is 354 g/mol. The highest BCUT2D eigenvalue weighted by Crippen LogP contribution is 2.11. The fraction of sp³-hybridized carbons (Fsp3) is 0.533. The second-order valence-corrected chi connectivity index (χ2v) is 7.17. The van der Waals surface area contributed by atoms with Gasteiger partial charge in [0.25, 0.3) is 0 Å². The Kier molecular flexibility index (Phi) is 10.1. The molecule has 0 saturated heterocycles. The van der Waals surface area contributed by atoms with Crippen LogP contribution in [0.25, 0.3) is 0 Å². The van der Waals surface area contributed by atoms with Crippen LogP contribution < -0.4 is 15.8 Å². The van der Waals surface area contributed by atoms with E-state index in [-0.39, 0.29) is 48.3 Å². The van der Waals surface area contributed by atoms with E-state index in [9.17, 15) is 13.2 Å². The topological polar surface area (TPSA) is 111 Å². The number of amides is 1. The maximum Gasteiger partial charge on any atom is 0.240 e. The Bertz CT molecular complexity index is 623. The summed E-state index contributed by atoms with van der Waals surface area (Å²) in [5.74, 6) is -0.468. The van der Waals surface area contributed by atoms with E-state index in [0.29, 0.717) is 12.2 Å². The van der Waals surface area contributed by atoms with E-state index in [1.54, 1.807) is 26.0 Å². The van der Waals surface area contributed by atoms with Gasteiger partial charge in [-0.15, -0.1) is 12.4 Å². The smallest absolute Gasteiger partial charge is 0.240 e. The Morgan fingerprint density at radius 2 is 2.00 bits per heavy atom. The highest BCUT2D eigenvalue weighted by Gasteiger charge is 2.17. The molecule has 1 rings (SSSR count). The third-order valence-electron chi connectivity index (χ3n) is 3.48. The van der Waals surface area contributed by atoms with E-state index in [0.717, 1.165) is 0 Å². The van der Waals surface area contributed by atoms with Crippen LogP contribution in [0, 0.1) is 5.92 Å². The van der Waals surface area contributed by atoms with Crippen LogP contribution >= 0.6 is 12.4 Å². The Hall–Kier alpha value is -1.19. The first-order valence-electron chi connectivity index (χ1n) is 7.38. The highest BCUT2D eigenvalue weighted by molar-refractivity contribution is 7.89. The van der Waals surface area contributed by atoms with Crippen LogP contribution in [0.5, 0.6) is 0 Å². The summed E-state index contributed by atoms with van der Waals surface area (Å²) in [4.78, 5) is 12.0. The predicted molar refractivity (Wildman–Crippen MR) is 95.4 cm³/mol. The summed E-state index contributed by atoms with van der Waals surface area (Å²) in [7, 11) is -2.09. The van der Waals surface area contributed by atoms with Crippen LogP contribution in [0.15, 0.2) is 29.2 Å². The lowest BCUT2D eigenvalue weighted by molar-refractivity contribution is -0.125. The molecule has 0 aromatic heterocycles. The van der Waals surface area contributed by atoms with Gasteiger partial charge in [0.2, 0.25) is 15.9 Å². The van der Waals surface area contributed by atoms with E-state index in [4.69, 9.17) is 10.5 Å². The fourth-order valence-electron chi connectivity index (χ4n) is 1.77. The lowest BCUT2D eigenvalue weighted by atomic mass is 10.0. The van der Waals surface area contributed by atoms with Gasteiger partial charge in [0.1, 0.15) is 0 Å². The van der Waals surface area contributed by atoms with Gasteiger partial charge in [-0.25, -0.2) is 13.1 Å². The molecular formula is C15H26ClN3O4S. The molecule has 0 spiro atoms. The van der Waals surface area contributed by atoms with Gasteiger partial charge >= 0.3 is 0 Å². The van der Waals surface area contributed by atoms with Crippen LogP contribution in [-0.4, -0.2) is 40.6 Å². The Morgan fingerprint density at radius 1 is 1.33 bits per heavy atom. The molecule has 0 aliphatic carbocycles. The summed E-state index contributed by atoms with van der Waals surface area (Å²) in [5.41, 5.74) is 6.39. The minimum absolute atomic E-state index is 0. The van der Waals surface area contributed by atoms with Gasteiger partial charge in [-0.3, -0.25) is 4.79 Å². The van der Waals surface area contributed by atoms with E-state index in [1.165, 1.54) is 19.2 Å². The van der Waals surface area contributed by atoms with Crippen molar-refractivity contribution in [3.63, 3.8) is 0 Å². The summed E-state index contributed by atoms with van der Waals surface area (Å²) in [6, 6.07) is 6.19. The lowest BCUT2D eigenvalue weighted by Crippen LogP contribution is -2.38. The number of nitrogens with two attached hydrogens (primary N) is 1. The maximum atomic E-state index is 12.1. The van der Waals surface area contributed by atoms with E-state index in [2.05, 4.69) is 10.0 Å². The number of carbonyl (C=O) groups is 1. The molecule has 0 saturated carbocycles. The van der Waals surface area contributed by atoms with Crippen molar-refractivity contribution in [2.75, 3.05) is 20.3 Å². The quantitative estimate of drug-likeness (QED) is 0.545. The molecule has 24 heavy (non-hydrogen) atoms. The highest BCUT2D eigenvalue weighted by atomic mass is 35.5. The van der Waals surface area contributed by atoms with Crippen molar-refractivity contribution in [2.45, 2.75) is 31.3 Å². The van der Waals surface area contributed by atoms with Crippen molar-refractivity contribution in [1.82, 2.24) is 10.0 Å². The number of benzene rings is 1. The summed E-state index contributed by atoms with van der Waals surface area (Å²) in [5, 5.41) is 2.76. The van der Waals surface area contributed by atoms with Gasteiger partial charge in [0.05, 0.1) is 11.5 Å². The lowest BCUT2D eigenvalue weighted by Gasteiger charge is -2.15. The number of carbonyl (C=O) groups excluding carboxylic acids is 1. The molecule has 2 unspecified atom stereocenters. The molecule has 1 amide bonds. The molecule has 1 aromatic carbocycles. The number of rotatable bonds is 9. The first-order valence-corrected chi connectivity index (χ1v) is 8.87. The number of hydrogen-bond donors (Lipinski definition) is 3. The molecule has 2 atom stereocenters. The minimum Gasteiger partial charge on any atom is -0.383 e. The zero-order valence-electron chi connectivity index (χ0n) is 14.1. The summed E-state index contributed by atoms with van der Waals surface area (Å²) in [6.45, 7) is 4.26. The first kappa shape index (κ1) is 22.8. The molecule has 0 bridgehead atoms. The number of methoxy groups -OCH3 is 1. The van der Waals surface area contributed by atoms with Crippen molar-refractivity contribution >= 4 is 28.3 Å². The van der Waals surface area contributed by atoms with Gasteiger partial charge in [0, 0.05) is 32.2 Å². The zero-order valence-corrected chi connectivity index (χ0v) is 15.7. The molecule has 4 N–H and O–H groups in total. The van der Waals surface area contributed by atoms with E-state index < -0.39 is 10.0 Å². The van der Waals surface area contributed by atoms with Crippen molar-refractivity contribution in [3.05, 3.63) is 29.8 Å². The second-order valence-electron chi connectivity index (χ2n) is 5.40. The van der Waals surface area contributed by atoms with Crippen LogP contribution in [0.3, 0.4) is 0 Å². The molecule has 0 aliphatic heterocycles. The molecule has 0 fully saturated rings. The van der Waals surface area contributed by atoms with Crippen molar-refractivity contribution in [3.8, 4) is 0 Å². The van der Waals surface area contributed by atoms with Crippen molar-refractivity contribution in [2.24, 2.45) is 11.7 Å². The number of halogens is 1. The van der Waals surface area contributed by atoms with Crippen molar-refractivity contribution < 1.29 is 17.9 Å². The predicted octanol–water partition coefficient (Wildman–Crippen LogP) is 0.633. The Labute approximate surface area is 149 Å². The summed E-state index contributed by atoms with van der Waals surface area (Å²) in [6.07, 6.45) is 0. The number of hydrogen-bond acceptors (Lipinski definition) is 5. The van der Waals surface area contributed by atoms with Gasteiger partial charge in [-0.2, -0.15) is 0 Å². The zero-order chi connectivity index (χ0) is 17.5.